The van der Waals surface area contributed by atoms with Crippen molar-refractivity contribution in [1.82, 2.24) is 5.32 Å². The number of nitrogens with one attached hydrogen (secondary N) is 1. The monoisotopic (exact) mass is 928 g/mol. The van der Waals surface area contributed by atoms with Crippen molar-refractivity contribution in [2.45, 2.75) is 321 Å². The van der Waals surface area contributed by atoms with Gasteiger partial charge in [-0.3, -0.25) is 9.59 Å². The first kappa shape index (κ1) is 64.1. The van der Waals surface area contributed by atoms with Gasteiger partial charge in [-0.05, 0) is 83.5 Å². The van der Waals surface area contributed by atoms with E-state index in [4.69, 9.17) is 4.74 Å². The summed E-state index contributed by atoms with van der Waals surface area (Å²) < 4.78 is 5.45. The van der Waals surface area contributed by atoms with E-state index in [-0.39, 0.29) is 18.5 Å². The number of amides is 1. The molecule has 0 heterocycles. The van der Waals surface area contributed by atoms with Crippen LogP contribution in [0.5, 0.6) is 0 Å². The Morgan fingerprint density at radius 1 is 0.424 bits per heavy atom. The predicted octanol–water partition coefficient (Wildman–Crippen LogP) is 18.0. The molecular formula is C60H113NO5. The van der Waals surface area contributed by atoms with E-state index in [1.807, 2.05) is 0 Å². The van der Waals surface area contributed by atoms with E-state index in [0.29, 0.717) is 25.9 Å². The molecule has 0 saturated heterocycles. The number of hydrogen-bond acceptors (Lipinski definition) is 5. The number of aliphatic hydroxyl groups excluding tert-OH is 2. The average molecular weight is 929 g/mol. The molecule has 1 amide bonds. The number of esters is 1. The molecule has 0 rings (SSSR count). The molecule has 66 heavy (non-hydrogen) atoms. The van der Waals surface area contributed by atoms with E-state index in [0.717, 1.165) is 89.9 Å². The number of allylic oxidation sites excluding steroid dienone is 6. The molecule has 0 spiro atoms. The zero-order valence-electron chi connectivity index (χ0n) is 44.2. The van der Waals surface area contributed by atoms with Crippen LogP contribution in [0.25, 0.3) is 0 Å². The van der Waals surface area contributed by atoms with Crippen LogP contribution in [0, 0.1) is 0 Å². The second-order valence-electron chi connectivity index (χ2n) is 20.0. The van der Waals surface area contributed by atoms with Crippen LogP contribution in [0.2, 0.25) is 0 Å². The van der Waals surface area contributed by atoms with Crippen LogP contribution in [0.1, 0.15) is 309 Å². The molecule has 6 heteroatoms. The fraction of sp³-hybridized carbons (Fsp3) is 0.867. The minimum atomic E-state index is -0.684. The average Bonchev–Trinajstić information content (AvgIpc) is 3.32. The van der Waals surface area contributed by atoms with Gasteiger partial charge in [0.25, 0.3) is 0 Å². The molecule has 0 aliphatic rings. The summed E-state index contributed by atoms with van der Waals surface area (Å²) in [5, 5.41) is 23.3. The van der Waals surface area contributed by atoms with E-state index in [1.54, 1.807) is 0 Å². The van der Waals surface area contributed by atoms with Crippen molar-refractivity contribution in [3.63, 3.8) is 0 Å². The molecule has 0 bridgehead atoms. The molecule has 0 aliphatic heterocycles. The third-order valence-corrected chi connectivity index (χ3v) is 13.4. The van der Waals surface area contributed by atoms with E-state index in [1.165, 1.54) is 186 Å². The first-order valence-corrected chi connectivity index (χ1v) is 29.2. The van der Waals surface area contributed by atoms with Gasteiger partial charge < -0.3 is 20.3 Å². The molecule has 0 aliphatic carbocycles. The highest BCUT2D eigenvalue weighted by Gasteiger charge is 2.20. The summed E-state index contributed by atoms with van der Waals surface area (Å²) in [4.78, 5) is 24.6. The lowest BCUT2D eigenvalue weighted by molar-refractivity contribution is -0.143. The van der Waals surface area contributed by atoms with Crippen LogP contribution < -0.4 is 5.32 Å². The Kier molecular flexibility index (Phi) is 54.1. The maximum atomic E-state index is 12.5. The highest BCUT2D eigenvalue weighted by Crippen LogP contribution is 2.17. The van der Waals surface area contributed by atoms with Gasteiger partial charge in [0.05, 0.1) is 25.4 Å². The quantitative estimate of drug-likeness (QED) is 0.0321. The Balaban J connectivity index is 3.51. The number of hydrogen-bond donors (Lipinski definition) is 3. The Bertz CT molecular complexity index is 1070. The summed E-state index contributed by atoms with van der Waals surface area (Å²) in [7, 11) is 0. The number of aliphatic hydroxyl groups is 2. The van der Waals surface area contributed by atoms with Crippen LogP contribution in [0.3, 0.4) is 0 Å². The maximum Gasteiger partial charge on any atom is 0.305 e. The Morgan fingerprint density at radius 3 is 1.20 bits per heavy atom. The van der Waals surface area contributed by atoms with E-state index < -0.39 is 12.1 Å². The standard InChI is InChI=1S/C60H113NO5/c1-3-5-7-9-11-13-15-17-19-21-22-23-24-26-27-29-32-36-40-44-48-52-58(63)57(56-62)61-59(64)53-49-45-41-37-33-31-35-39-43-47-51-55-66-60(65)54-50-46-42-38-34-30-28-25-20-18-16-14-12-10-8-6-4-2/h12,14,18,20,35,39,57-58,62-63H,3-11,13,15-17,19,21-34,36-38,40-56H2,1-2H3,(H,61,64)/b14-12-,20-18-,39-35-. The summed E-state index contributed by atoms with van der Waals surface area (Å²) in [6.07, 6.45) is 68.5. The van der Waals surface area contributed by atoms with Crippen molar-refractivity contribution in [2.75, 3.05) is 13.2 Å². The number of ether oxygens (including phenoxy) is 1. The molecule has 0 aromatic heterocycles. The van der Waals surface area contributed by atoms with Crippen LogP contribution in [0.4, 0.5) is 0 Å². The normalized spacial score (nSPS) is 12.8. The van der Waals surface area contributed by atoms with Crippen LogP contribution in [-0.2, 0) is 14.3 Å². The van der Waals surface area contributed by atoms with Crippen LogP contribution >= 0.6 is 0 Å². The van der Waals surface area contributed by atoms with Gasteiger partial charge in [0.2, 0.25) is 5.91 Å². The lowest BCUT2D eigenvalue weighted by atomic mass is 10.0. The molecule has 0 aromatic carbocycles. The number of rotatable bonds is 54. The zero-order chi connectivity index (χ0) is 47.9. The molecule has 388 valence electrons. The van der Waals surface area contributed by atoms with Crippen molar-refractivity contribution in [3.8, 4) is 0 Å². The minimum absolute atomic E-state index is 0.0385. The molecule has 0 saturated carbocycles. The largest absolute Gasteiger partial charge is 0.466 e. The summed E-state index contributed by atoms with van der Waals surface area (Å²) in [5.74, 6) is -0.101. The van der Waals surface area contributed by atoms with Crippen LogP contribution in [0.15, 0.2) is 36.5 Å². The molecule has 2 atom stereocenters. The van der Waals surface area contributed by atoms with Crippen molar-refractivity contribution in [2.24, 2.45) is 0 Å². The lowest BCUT2D eigenvalue weighted by Gasteiger charge is -2.22. The van der Waals surface area contributed by atoms with E-state index in [2.05, 4.69) is 55.6 Å². The van der Waals surface area contributed by atoms with E-state index >= 15 is 0 Å². The topological polar surface area (TPSA) is 95.9 Å². The first-order valence-electron chi connectivity index (χ1n) is 29.2. The lowest BCUT2D eigenvalue weighted by Crippen LogP contribution is -2.45. The van der Waals surface area contributed by atoms with Gasteiger partial charge in [0.1, 0.15) is 0 Å². The van der Waals surface area contributed by atoms with E-state index in [9.17, 15) is 19.8 Å². The highest BCUT2D eigenvalue weighted by atomic mass is 16.5. The van der Waals surface area contributed by atoms with Gasteiger partial charge >= 0.3 is 5.97 Å². The summed E-state index contributed by atoms with van der Waals surface area (Å²) in [6, 6.07) is -0.565. The Morgan fingerprint density at radius 2 is 0.758 bits per heavy atom. The van der Waals surface area contributed by atoms with Gasteiger partial charge in [0, 0.05) is 12.8 Å². The Hall–Kier alpha value is -1.92. The van der Waals surface area contributed by atoms with Crippen molar-refractivity contribution >= 4 is 11.9 Å². The summed E-state index contributed by atoms with van der Waals surface area (Å²) in [5.41, 5.74) is 0. The Labute approximate surface area is 411 Å². The summed E-state index contributed by atoms with van der Waals surface area (Å²) in [6.45, 7) is 4.86. The van der Waals surface area contributed by atoms with Gasteiger partial charge in [-0.2, -0.15) is 0 Å². The molecule has 0 fully saturated rings. The first-order chi connectivity index (χ1) is 32.5. The zero-order valence-corrected chi connectivity index (χ0v) is 44.2. The third-order valence-electron chi connectivity index (χ3n) is 13.4. The molecule has 6 nitrogen and oxygen atoms in total. The van der Waals surface area contributed by atoms with Gasteiger partial charge in [0.15, 0.2) is 0 Å². The molecule has 3 N–H and O–H groups in total. The van der Waals surface area contributed by atoms with Gasteiger partial charge in [-0.25, -0.2) is 0 Å². The SMILES string of the molecule is CCCCC/C=C\C/C=C\CCCCCCCCCC(=O)OCCCC/C=C\CCCCCCCC(=O)NC(CO)C(O)CCCCCCCCCCCCCCCCCCCCCCC. The van der Waals surface area contributed by atoms with Crippen LogP contribution in [-0.4, -0.2) is 47.4 Å². The molecular weight excluding hydrogens is 815 g/mol. The second kappa shape index (κ2) is 55.7. The van der Waals surface area contributed by atoms with Crippen molar-refractivity contribution < 1.29 is 24.5 Å². The van der Waals surface area contributed by atoms with Crippen molar-refractivity contribution in [1.29, 1.82) is 0 Å². The summed E-state index contributed by atoms with van der Waals surface area (Å²) >= 11 is 0. The molecule has 2 unspecified atom stereocenters. The smallest absolute Gasteiger partial charge is 0.305 e. The fourth-order valence-corrected chi connectivity index (χ4v) is 8.90. The fourth-order valence-electron chi connectivity index (χ4n) is 8.90. The van der Waals surface area contributed by atoms with Gasteiger partial charge in [-0.1, -0.05) is 249 Å². The maximum absolute atomic E-state index is 12.5. The molecule has 0 radical (unpaired) electrons. The number of carbonyl (C=O) groups excluding carboxylic acids is 2. The second-order valence-corrected chi connectivity index (χ2v) is 20.0. The number of carbonyl (C=O) groups is 2. The minimum Gasteiger partial charge on any atom is -0.466 e. The number of unbranched alkanes of at least 4 members (excludes halogenated alkanes) is 37. The highest BCUT2D eigenvalue weighted by molar-refractivity contribution is 5.76. The molecule has 0 aromatic rings. The van der Waals surface area contributed by atoms with Gasteiger partial charge in [-0.15, -0.1) is 0 Å². The van der Waals surface area contributed by atoms with Crippen molar-refractivity contribution in [3.05, 3.63) is 36.5 Å². The predicted molar refractivity (Wildman–Crippen MR) is 287 cm³/mol. The third kappa shape index (κ3) is 51.5.